The zero-order valence-electron chi connectivity index (χ0n) is 10.0. The van der Waals surface area contributed by atoms with Crippen LogP contribution in [0.2, 0.25) is 0 Å². The Hall–Kier alpha value is -2.28. The summed E-state index contributed by atoms with van der Waals surface area (Å²) in [6, 6.07) is 6.01. The average molecular weight is 278 g/mol. The summed E-state index contributed by atoms with van der Waals surface area (Å²) < 4.78 is 1.13. The lowest BCUT2D eigenvalue weighted by molar-refractivity contribution is -0.386. The van der Waals surface area contributed by atoms with Crippen LogP contribution in [0.5, 0.6) is 0 Å². The van der Waals surface area contributed by atoms with Crippen molar-refractivity contribution in [1.29, 1.82) is 0 Å². The van der Waals surface area contributed by atoms with Crippen molar-refractivity contribution in [2.45, 2.75) is 13.5 Å². The molecule has 0 aliphatic carbocycles. The minimum atomic E-state index is -0.755. The third-order valence-electron chi connectivity index (χ3n) is 2.67. The van der Waals surface area contributed by atoms with Crippen LogP contribution in [-0.2, 0) is 6.54 Å². The van der Waals surface area contributed by atoms with Crippen LogP contribution in [0.4, 0.5) is 5.69 Å². The topological polar surface area (TPSA) is 82.2 Å². The summed E-state index contributed by atoms with van der Waals surface area (Å²) in [5.74, 6) is -0.235. The summed E-state index contributed by atoms with van der Waals surface area (Å²) in [5, 5.41) is 12.5. The van der Waals surface area contributed by atoms with Gasteiger partial charge in [0.1, 0.15) is 0 Å². The Morgan fingerprint density at radius 2 is 2.16 bits per heavy atom. The molecule has 0 bridgehead atoms. The van der Waals surface area contributed by atoms with Gasteiger partial charge in [0, 0.05) is 11.8 Å². The van der Waals surface area contributed by atoms with Crippen LogP contribution in [0.15, 0.2) is 34.4 Å². The van der Waals surface area contributed by atoms with E-state index in [0.29, 0.717) is 10.6 Å². The van der Waals surface area contributed by atoms with E-state index in [1.54, 1.807) is 24.4 Å². The third kappa shape index (κ3) is 2.60. The van der Waals surface area contributed by atoms with Crippen molar-refractivity contribution in [2.75, 3.05) is 0 Å². The maximum absolute atomic E-state index is 11.9. The van der Waals surface area contributed by atoms with Crippen LogP contribution in [0, 0.1) is 17.0 Å². The fraction of sp³-hybridized carbons (Fsp3) is 0.167. The summed E-state index contributed by atoms with van der Waals surface area (Å²) in [7, 11) is 0. The SMILES string of the molecule is Cc1ccc([N+](=O)[O-])c(=O)n1CC(=O)c1cccs1. The molecule has 0 aliphatic heterocycles. The number of ketones is 1. The standard InChI is InChI=1S/C12H10N2O4S/c1-8-4-5-9(14(17)18)12(16)13(8)7-10(15)11-3-2-6-19-11/h2-6H,7H2,1H3. The molecule has 0 spiro atoms. The smallest absolute Gasteiger partial charge is 0.299 e. The number of aromatic nitrogens is 1. The van der Waals surface area contributed by atoms with Gasteiger partial charge in [-0.15, -0.1) is 11.3 Å². The second-order valence-electron chi connectivity index (χ2n) is 3.91. The quantitative estimate of drug-likeness (QED) is 0.486. The fourth-order valence-corrected chi connectivity index (χ4v) is 2.31. The fourth-order valence-electron chi connectivity index (χ4n) is 1.65. The second-order valence-corrected chi connectivity index (χ2v) is 4.86. The Kier molecular flexibility index (Phi) is 3.57. The molecule has 0 saturated heterocycles. The monoisotopic (exact) mass is 278 g/mol. The van der Waals surface area contributed by atoms with E-state index in [0.717, 1.165) is 10.6 Å². The van der Waals surface area contributed by atoms with Crippen LogP contribution in [0.25, 0.3) is 0 Å². The Bertz CT molecular complexity index is 688. The number of Topliss-reactive ketones (excluding diaryl/α,β-unsaturated/α-hetero) is 1. The number of carbonyl (C=O) groups is 1. The van der Waals surface area contributed by atoms with Crippen LogP contribution in [0.3, 0.4) is 0 Å². The highest BCUT2D eigenvalue weighted by Crippen LogP contribution is 2.12. The van der Waals surface area contributed by atoms with Gasteiger partial charge in [-0.3, -0.25) is 24.3 Å². The number of carbonyl (C=O) groups excluding carboxylic acids is 1. The maximum Gasteiger partial charge on any atom is 0.334 e. The molecule has 0 fully saturated rings. The number of hydrogen-bond acceptors (Lipinski definition) is 5. The summed E-state index contributed by atoms with van der Waals surface area (Å²) in [6.45, 7) is 1.44. The highest BCUT2D eigenvalue weighted by Gasteiger charge is 2.18. The minimum Gasteiger partial charge on any atom is -0.299 e. The van der Waals surface area contributed by atoms with Gasteiger partial charge in [0.25, 0.3) is 0 Å². The van der Waals surface area contributed by atoms with Gasteiger partial charge < -0.3 is 0 Å². The number of nitro groups is 1. The Morgan fingerprint density at radius 1 is 1.42 bits per heavy atom. The van der Waals surface area contributed by atoms with Crippen LogP contribution in [-0.4, -0.2) is 15.3 Å². The van der Waals surface area contributed by atoms with E-state index >= 15 is 0 Å². The largest absolute Gasteiger partial charge is 0.334 e. The van der Waals surface area contributed by atoms with Crippen molar-refractivity contribution in [3.8, 4) is 0 Å². The number of hydrogen-bond donors (Lipinski definition) is 0. The van der Waals surface area contributed by atoms with Gasteiger partial charge >= 0.3 is 11.2 Å². The molecule has 2 aromatic rings. The van der Waals surface area contributed by atoms with Gasteiger partial charge in [0.15, 0.2) is 5.78 Å². The normalized spacial score (nSPS) is 10.4. The minimum absolute atomic E-state index is 0.188. The van der Waals surface area contributed by atoms with Crippen molar-refractivity contribution in [3.05, 3.63) is 60.7 Å². The Labute approximate surface area is 112 Å². The molecule has 2 rings (SSSR count). The molecule has 0 amide bonds. The van der Waals surface area contributed by atoms with E-state index in [2.05, 4.69) is 0 Å². The number of thiophene rings is 1. The van der Waals surface area contributed by atoms with E-state index in [9.17, 15) is 19.7 Å². The summed E-state index contributed by atoms with van der Waals surface area (Å²) in [6.07, 6.45) is 0. The Morgan fingerprint density at radius 3 is 2.74 bits per heavy atom. The third-order valence-corrected chi connectivity index (χ3v) is 3.58. The van der Waals surface area contributed by atoms with Gasteiger partial charge in [-0.25, -0.2) is 0 Å². The van der Waals surface area contributed by atoms with Crippen LogP contribution < -0.4 is 5.56 Å². The number of rotatable bonds is 4. The van der Waals surface area contributed by atoms with Gasteiger partial charge in [0.05, 0.1) is 16.3 Å². The van der Waals surface area contributed by atoms with Gasteiger partial charge in [-0.2, -0.15) is 0 Å². The lowest BCUT2D eigenvalue weighted by atomic mass is 10.2. The maximum atomic E-state index is 11.9. The number of nitrogens with zero attached hydrogens (tertiary/aromatic N) is 2. The molecular formula is C12H10N2O4S. The molecule has 0 radical (unpaired) electrons. The van der Waals surface area contributed by atoms with Crippen molar-refractivity contribution in [2.24, 2.45) is 0 Å². The van der Waals surface area contributed by atoms with E-state index in [1.165, 1.54) is 17.4 Å². The van der Waals surface area contributed by atoms with Crippen molar-refractivity contribution >= 4 is 22.8 Å². The van der Waals surface area contributed by atoms with Gasteiger partial charge in [0.2, 0.25) is 0 Å². The zero-order valence-corrected chi connectivity index (χ0v) is 10.8. The van der Waals surface area contributed by atoms with Crippen molar-refractivity contribution < 1.29 is 9.72 Å². The Balaban J connectivity index is 2.40. The lowest BCUT2D eigenvalue weighted by Crippen LogP contribution is -2.27. The number of pyridine rings is 1. The molecule has 7 heteroatoms. The van der Waals surface area contributed by atoms with Crippen molar-refractivity contribution in [3.63, 3.8) is 0 Å². The molecule has 2 heterocycles. The van der Waals surface area contributed by atoms with E-state index < -0.39 is 16.2 Å². The molecule has 6 nitrogen and oxygen atoms in total. The highest BCUT2D eigenvalue weighted by molar-refractivity contribution is 7.12. The van der Waals surface area contributed by atoms with Crippen LogP contribution >= 0.6 is 11.3 Å². The molecule has 0 aliphatic rings. The number of aryl methyl sites for hydroxylation is 1. The average Bonchev–Trinajstić information content (AvgIpc) is 2.87. The first kappa shape index (κ1) is 13.2. The first-order valence-corrected chi connectivity index (χ1v) is 6.30. The summed E-state index contributed by atoms with van der Waals surface area (Å²) >= 11 is 1.27. The van der Waals surface area contributed by atoms with E-state index in [-0.39, 0.29) is 12.3 Å². The molecule has 0 atom stereocenters. The zero-order chi connectivity index (χ0) is 14.0. The molecular weight excluding hydrogens is 268 g/mol. The lowest BCUT2D eigenvalue weighted by Gasteiger charge is -2.07. The van der Waals surface area contributed by atoms with E-state index in [1.807, 2.05) is 0 Å². The van der Waals surface area contributed by atoms with Crippen molar-refractivity contribution in [1.82, 2.24) is 4.57 Å². The molecule has 0 unspecified atom stereocenters. The molecule has 19 heavy (non-hydrogen) atoms. The predicted octanol–water partition coefficient (Wildman–Crippen LogP) is 2.01. The second kappa shape index (κ2) is 5.15. The predicted molar refractivity (Wildman–Crippen MR) is 70.7 cm³/mol. The van der Waals surface area contributed by atoms with Gasteiger partial charge in [-0.05, 0) is 24.4 Å². The van der Waals surface area contributed by atoms with E-state index in [4.69, 9.17) is 0 Å². The first-order chi connectivity index (χ1) is 9.00. The molecule has 0 saturated carbocycles. The van der Waals surface area contributed by atoms with Gasteiger partial charge in [-0.1, -0.05) is 6.07 Å². The summed E-state index contributed by atoms with van der Waals surface area (Å²) in [4.78, 5) is 34.3. The first-order valence-electron chi connectivity index (χ1n) is 5.42. The van der Waals surface area contributed by atoms with Crippen LogP contribution in [0.1, 0.15) is 15.4 Å². The molecule has 0 N–H and O–H groups in total. The molecule has 0 aromatic carbocycles. The molecule has 98 valence electrons. The summed E-state index contributed by atoms with van der Waals surface area (Å²) in [5.41, 5.74) is -0.764. The molecule has 2 aromatic heterocycles. The highest BCUT2D eigenvalue weighted by atomic mass is 32.1.